The van der Waals surface area contributed by atoms with Crippen LogP contribution in [0.2, 0.25) is 0 Å². The van der Waals surface area contributed by atoms with Crippen LogP contribution in [0.3, 0.4) is 0 Å². The van der Waals surface area contributed by atoms with E-state index >= 15 is 0 Å². The smallest absolute Gasteiger partial charge is 0.150 e. The van der Waals surface area contributed by atoms with Crippen LogP contribution >= 0.6 is 23.2 Å². The van der Waals surface area contributed by atoms with Gasteiger partial charge in [-0.3, -0.25) is 0 Å². The number of alkyl halides is 2. The van der Waals surface area contributed by atoms with Gasteiger partial charge in [0.15, 0.2) is 5.82 Å². The molecule has 0 unspecified atom stereocenters. The molecule has 1 aromatic rings. The monoisotopic (exact) mass is 280 g/mol. The zero-order valence-corrected chi connectivity index (χ0v) is 11.7. The van der Waals surface area contributed by atoms with E-state index in [0.29, 0.717) is 18.2 Å². The Morgan fingerprint density at radius 1 is 1.29 bits per heavy atom. The summed E-state index contributed by atoms with van der Waals surface area (Å²) in [6.07, 6.45) is 3.23. The van der Waals surface area contributed by atoms with Gasteiger partial charge in [0.1, 0.15) is 5.78 Å². The Labute approximate surface area is 111 Å². The van der Waals surface area contributed by atoms with Crippen molar-refractivity contribution in [3.63, 3.8) is 0 Å². The lowest BCUT2D eigenvalue weighted by molar-refractivity contribution is -0.117. The molecule has 0 fully saturated rings. The largest absolute Gasteiger partial charge is 0.300 e. The second-order valence-electron chi connectivity index (χ2n) is 3.51. The zero-order valence-electron chi connectivity index (χ0n) is 10.2. The molecule has 0 spiro atoms. The number of Topliss-reactive ketones (excluding diaryl/α,β-unsaturated/α-hetero) is 1. The number of nitrogens with zero attached hydrogens (tertiary/aromatic N) is 4. The molecule has 98 valence electrons. The number of hydrogen-bond acceptors (Lipinski definition) is 4. The van der Waals surface area contributed by atoms with Crippen LogP contribution in [0.25, 0.3) is 0 Å². The highest BCUT2D eigenvalue weighted by Gasteiger charge is 1.99. The summed E-state index contributed by atoms with van der Waals surface area (Å²) in [6, 6.07) is 0. The van der Waals surface area contributed by atoms with Crippen LogP contribution in [-0.2, 0) is 18.3 Å². The van der Waals surface area contributed by atoms with E-state index < -0.39 is 0 Å². The second-order valence-corrected chi connectivity index (χ2v) is 4.26. The molecule has 0 amide bonds. The first-order valence-corrected chi connectivity index (χ1v) is 6.51. The van der Waals surface area contributed by atoms with Crippen LogP contribution in [0.4, 0.5) is 0 Å². The minimum atomic E-state index is 0.223. The van der Waals surface area contributed by atoms with E-state index in [2.05, 4.69) is 15.5 Å². The molecular formula is C10H18Cl2N4O. The van der Waals surface area contributed by atoms with E-state index in [1.165, 1.54) is 0 Å². The molecule has 1 aromatic heterocycles. The van der Waals surface area contributed by atoms with Crippen molar-refractivity contribution in [2.45, 2.75) is 32.6 Å². The number of aromatic nitrogens is 4. The Kier molecular flexibility index (Phi) is 10.1. The molecule has 5 nitrogen and oxygen atoms in total. The highest BCUT2D eigenvalue weighted by Crippen LogP contribution is 1.95. The number of aryl methyl sites for hydroxylation is 2. The lowest BCUT2D eigenvalue weighted by Gasteiger charge is -1.93. The van der Waals surface area contributed by atoms with E-state index in [1.54, 1.807) is 11.6 Å². The van der Waals surface area contributed by atoms with E-state index in [-0.39, 0.29) is 5.78 Å². The average Bonchev–Trinajstić information content (AvgIpc) is 2.70. The Balaban J connectivity index is 0.000000325. The highest BCUT2D eigenvalue weighted by molar-refractivity contribution is 6.18. The Morgan fingerprint density at radius 2 is 1.94 bits per heavy atom. The summed E-state index contributed by atoms with van der Waals surface area (Å²) in [5, 5.41) is 11.0. The molecule has 0 aliphatic rings. The molecule has 7 heteroatoms. The standard InChI is InChI=1S/C5H9ClN4.C5H9ClO/c1-10-5(3-2-4-6)7-8-9-10;1-5(7)3-2-4-6/h2-4H2,1H3;2-4H2,1H3. The second kappa shape index (κ2) is 10.5. The third-order valence-electron chi connectivity index (χ3n) is 1.90. The van der Waals surface area contributed by atoms with E-state index in [9.17, 15) is 4.79 Å². The molecule has 17 heavy (non-hydrogen) atoms. The molecule has 0 aliphatic heterocycles. The number of hydrogen-bond donors (Lipinski definition) is 0. The van der Waals surface area contributed by atoms with Crippen molar-refractivity contribution < 1.29 is 4.79 Å². The van der Waals surface area contributed by atoms with Gasteiger partial charge in [-0.1, -0.05) is 0 Å². The van der Waals surface area contributed by atoms with Crippen LogP contribution in [-0.4, -0.2) is 37.8 Å². The normalized spacial score (nSPS) is 9.65. The number of rotatable bonds is 6. The van der Waals surface area contributed by atoms with Gasteiger partial charge in [0, 0.05) is 31.6 Å². The third-order valence-corrected chi connectivity index (χ3v) is 2.44. The van der Waals surface area contributed by atoms with E-state index in [0.717, 1.165) is 25.1 Å². The molecule has 0 aliphatic carbocycles. The predicted molar refractivity (Wildman–Crippen MR) is 68.5 cm³/mol. The van der Waals surface area contributed by atoms with Crippen LogP contribution in [0.15, 0.2) is 0 Å². The van der Waals surface area contributed by atoms with Crippen LogP contribution < -0.4 is 0 Å². The number of halogens is 2. The first-order chi connectivity index (χ1) is 8.11. The van der Waals surface area contributed by atoms with Gasteiger partial charge in [0.05, 0.1) is 0 Å². The molecule has 1 rings (SSSR count). The minimum absolute atomic E-state index is 0.223. The summed E-state index contributed by atoms with van der Waals surface area (Å²) < 4.78 is 1.66. The Bertz CT molecular complexity index is 317. The van der Waals surface area contributed by atoms with Crippen LogP contribution in [0, 0.1) is 0 Å². The molecule has 0 saturated heterocycles. The van der Waals surface area contributed by atoms with Crippen molar-refractivity contribution >= 4 is 29.0 Å². The highest BCUT2D eigenvalue weighted by atomic mass is 35.5. The van der Waals surface area contributed by atoms with Gasteiger partial charge in [-0.05, 0) is 30.2 Å². The van der Waals surface area contributed by atoms with Crippen molar-refractivity contribution in [1.82, 2.24) is 20.2 Å². The number of carbonyl (C=O) groups is 1. The molecule has 0 radical (unpaired) electrons. The fourth-order valence-electron chi connectivity index (χ4n) is 1.00. The van der Waals surface area contributed by atoms with Gasteiger partial charge >= 0.3 is 0 Å². The fraction of sp³-hybridized carbons (Fsp3) is 0.800. The van der Waals surface area contributed by atoms with Crippen LogP contribution in [0.5, 0.6) is 0 Å². The lowest BCUT2D eigenvalue weighted by Crippen LogP contribution is -1.99. The van der Waals surface area contributed by atoms with Gasteiger partial charge in [-0.2, -0.15) is 0 Å². The van der Waals surface area contributed by atoms with Gasteiger partial charge in [0.25, 0.3) is 0 Å². The fourth-order valence-corrected chi connectivity index (χ4v) is 1.27. The summed E-state index contributed by atoms with van der Waals surface area (Å²) >= 11 is 10.8. The maximum atomic E-state index is 10.1. The summed E-state index contributed by atoms with van der Waals surface area (Å²) in [4.78, 5) is 10.1. The Hall–Kier alpha value is -0.680. The number of ketones is 1. The van der Waals surface area contributed by atoms with Crippen molar-refractivity contribution in [2.24, 2.45) is 7.05 Å². The SMILES string of the molecule is CC(=O)CCCCl.Cn1nnnc1CCCCl. The predicted octanol–water partition coefficient (Wildman–Crippen LogP) is 1.98. The van der Waals surface area contributed by atoms with Gasteiger partial charge in [0.2, 0.25) is 0 Å². The van der Waals surface area contributed by atoms with E-state index in [1.807, 2.05) is 7.05 Å². The van der Waals surface area contributed by atoms with Gasteiger partial charge < -0.3 is 4.79 Å². The summed E-state index contributed by atoms with van der Waals surface area (Å²) in [6.45, 7) is 1.58. The average molecular weight is 281 g/mol. The Morgan fingerprint density at radius 3 is 2.29 bits per heavy atom. The lowest BCUT2D eigenvalue weighted by atomic mass is 10.3. The van der Waals surface area contributed by atoms with Crippen molar-refractivity contribution in [3.05, 3.63) is 5.82 Å². The maximum Gasteiger partial charge on any atom is 0.150 e. The molecule has 0 N–H and O–H groups in total. The topological polar surface area (TPSA) is 60.7 Å². The summed E-state index contributed by atoms with van der Waals surface area (Å²) in [5.41, 5.74) is 0. The molecule has 0 bridgehead atoms. The van der Waals surface area contributed by atoms with Crippen LogP contribution in [0.1, 0.15) is 32.0 Å². The minimum Gasteiger partial charge on any atom is -0.300 e. The molecule has 0 aromatic carbocycles. The first-order valence-electron chi connectivity index (χ1n) is 5.44. The van der Waals surface area contributed by atoms with Gasteiger partial charge in [-0.15, -0.1) is 28.3 Å². The van der Waals surface area contributed by atoms with Crippen molar-refractivity contribution in [2.75, 3.05) is 11.8 Å². The zero-order chi connectivity index (χ0) is 13.1. The summed E-state index contributed by atoms with van der Waals surface area (Å²) in [7, 11) is 1.82. The third kappa shape index (κ3) is 9.06. The maximum absolute atomic E-state index is 10.1. The van der Waals surface area contributed by atoms with Crippen molar-refractivity contribution in [1.29, 1.82) is 0 Å². The van der Waals surface area contributed by atoms with Gasteiger partial charge in [-0.25, -0.2) is 4.68 Å². The number of carbonyl (C=O) groups excluding carboxylic acids is 1. The van der Waals surface area contributed by atoms with Crippen molar-refractivity contribution in [3.8, 4) is 0 Å². The quantitative estimate of drug-likeness (QED) is 0.748. The first kappa shape index (κ1) is 16.3. The van der Waals surface area contributed by atoms with E-state index in [4.69, 9.17) is 23.2 Å². The molecular weight excluding hydrogens is 263 g/mol. The molecule has 0 atom stereocenters. The molecule has 0 saturated carbocycles. The number of tetrazole rings is 1. The summed E-state index contributed by atoms with van der Waals surface area (Å²) in [5.74, 6) is 2.37. The molecule has 1 heterocycles.